The minimum atomic E-state index is 0.286. The maximum Gasteiger partial charge on any atom is 0.172 e. The normalized spacial score (nSPS) is 10.5. The van der Waals surface area contributed by atoms with Crippen LogP contribution < -0.4 is 0 Å². The molecule has 1 aromatic carbocycles. The summed E-state index contributed by atoms with van der Waals surface area (Å²) in [6.07, 6.45) is 3.80. The van der Waals surface area contributed by atoms with E-state index in [4.69, 9.17) is 0 Å². The Hall–Kier alpha value is -1.41. The summed E-state index contributed by atoms with van der Waals surface area (Å²) in [7, 11) is 0. The van der Waals surface area contributed by atoms with Crippen molar-refractivity contribution in [2.75, 3.05) is 0 Å². The van der Waals surface area contributed by atoms with Crippen LogP contribution in [0.5, 0.6) is 0 Å². The van der Waals surface area contributed by atoms with Crippen LogP contribution in [-0.2, 0) is 6.42 Å². The van der Waals surface area contributed by atoms with Crippen LogP contribution >= 0.6 is 11.3 Å². The van der Waals surface area contributed by atoms with E-state index in [1.54, 1.807) is 0 Å². The average molecular weight is 258 g/mol. The smallest absolute Gasteiger partial charge is 0.172 e. The van der Waals surface area contributed by atoms with Gasteiger partial charge in [-0.25, -0.2) is 0 Å². The zero-order chi connectivity index (χ0) is 12.8. The third-order valence-electron chi connectivity index (χ3n) is 3.04. The average Bonchev–Trinajstić information content (AvgIpc) is 2.90. The Bertz CT molecular complexity index is 482. The van der Waals surface area contributed by atoms with Gasteiger partial charge in [-0.2, -0.15) is 0 Å². The van der Waals surface area contributed by atoms with Gasteiger partial charge in [0, 0.05) is 6.42 Å². The first-order valence-electron chi connectivity index (χ1n) is 6.38. The largest absolute Gasteiger partial charge is 0.293 e. The van der Waals surface area contributed by atoms with Crippen LogP contribution in [0.15, 0.2) is 41.8 Å². The molecule has 18 heavy (non-hydrogen) atoms. The highest BCUT2D eigenvalue weighted by molar-refractivity contribution is 7.12. The number of thiophene rings is 1. The van der Waals surface area contributed by atoms with Crippen molar-refractivity contribution in [3.63, 3.8) is 0 Å². The van der Waals surface area contributed by atoms with E-state index < -0.39 is 0 Å². The van der Waals surface area contributed by atoms with E-state index in [-0.39, 0.29) is 5.78 Å². The third kappa shape index (κ3) is 3.81. The molecule has 1 nitrogen and oxygen atoms in total. The van der Waals surface area contributed by atoms with Gasteiger partial charge in [0.25, 0.3) is 0 Å². The van der Waals surface area contributed by atoms with Gasteiger partial charge in [-0.05, 0) is 43.2 Å². The van der Waals surface area contributed by atoms with Crippen LogP contribution in [0.3, 0.4) is 0 Å². The lowest BCUT2D eigenvalue weighted by Gasteiger charge is -2.02. The fourth-order valence-corrected chi connectivity index (χ4v) is 2.62. The van der Waals surface area contributed by atoms with Crippen LogP contribution in [-0.4, -0.2) is 5.78 Å². The molecule has 1 heterocycles. The molecule has 0 saturated carbocycles. The molecule has 0 aliphatic carbocycles. The fraction of sp³-hybridized carbons (Fsp3) is 0.312. The molecule has 0 bridgehead atoms. The Morgan fingerprint density at radius 3 is 2.56 bits per heavy atom. The predicted octanol–water partition coefficient (Wildman–Crippen LogP) is 4.65. The number of carbonyl (C=O) groups is 1. The molecule has 1 aromatic heterocycles. The Balaban J connectivity index is 1.70. The van der Waals surface area contributed by atoms with Crippen molar-refractivity contribution in [1.29, 1.82) is 0 Å². The molecule has 94 valence electrons. The van der Waals surface area contributed by atoms with Crippen molar-refractivity contribution in [2.24, 2.45) is 0 Å². The number of aryl methyl sites for hydroxylation is 2. The van der Waals surface area contributed by atoms with Crippen molar-refractivity contribution < 1.29 is 4.79 Å². The zero-order valence-electron chi connectivity index (χ0n) is 10.7. The Labute approximate surface area is 112 Å². The molecule has 0 atom stereocenters. The van der Waals surface area contributed by atoms with Crippen molar-refractivity contribution >= 4 is 17.1 Å². The van der Waals surface area contributed by atoms with Crippen LogP contribution in [0.4, 0.5) is 0 Å². The molecular formula is C16H18OS. The molecule has 2 aromatic rings. The van der Waals surface area contributed by atoms with Crippen molar-refractivity contribution in [3.05, 3.63) is 57.8 Å². The SMILES string of the molecule is Cc1ccc(CCCCC(=O)c2cccs2)cc1. The second kappa shape index (κ2) is 6.50. The summed E-state index contributed by atoms with van der Waals surface area (Å²) in [5, 5.41) is 1.96. The van der Waals surface area contributed by atoms with E-state index in [1.165, 1.54) is 22.5 Å². The quantitative estimate of drug-likeness (QED) is 0.544. The lowest BCUT2D eigenvalue weighted by molar-refractivity contribution is 0.0983. The first-order valence-corrected chi connectivity index (χ1v) is 7.26. The molecule has 0 amide bonds. The molecule has 0 aliphatic heterocycles. The first-order chi connectivity index (χ1) is 8.75. The third-order valence-corrected chi connectivity index (χ3v) is 3.95. The maximum atomic E-state index is 11.8. The molecule has 0 fully saturated rings. The Kier molecular flexibility index (Phi) is 4.71. The number of hydrogen-bond donors (Lipinski definition) is 0. The van der Waals surface area contributed by atoms with Gasteiger partial charge in [0.2, 0.25) is 0 Å². The van der Waals surface area contributed by atoms with Gasteiger partial charge in [0.15, 0.2) is 5.78 Å². The van der Waals surface area contributed by atoms with Crippen LogP contribution in [0.25, 0.3) is 0 Å². The summed E-state index contributed by atoms with van der Waals surface area (Å²) in [5.41, 5.74) is 2.66. The second-order valence-corrected chi connectivity index (χ2v) is 5.54. The van der Waals surface area contributed by atoms with Gasteiger partial charge in [-0.3, -0.25) is 4.79 Å². The molecule has 2 rings (SSSR count). The predicted molar refractivity (Wildman–Crippen MR) is 77.4 cm³/mol. The van der Waals surface area contributed by atoms with E-state index >= 15 is 0 Å². The molecule has 0 unspecified atom stereocenters. The molecule has 0 N–H and O–H groups in total. The molecule has 0 spiro atoms. The fourth-order valence-electron chi connectivity index (χ4n) is 1.93. The number of Topliss-reactive ketones (excluding diaryl/α,β-unsaturated/α-hetero) is 1. The van der Waals surface area contributed by atoms with E-state index in [2.05, 4.69) is 31.2 Å². The summed E-state index contributed by atoms with van der Waals surface area (Å²) in [5.74, 6) is 0.286. The molecule has 0 saturated heterocycles. The van der Waals surface area contributed by atoms with Crippen molar-refractivity contribution in [3.8, 4) is 0 Å². The monoisotopic (exact) mass is 258 g/mol. The molecule has 0 radical (unpaired) electrons. The number of benzene rings is 1. The number of rotatable bonds is 6. The second-order valence-electron chi connectivity index (χ2n) is 4.59. The van der Waals surface area contributed by atoms with E-state index in [0.29, 0.717) is 6.42 Å². The highest BCUT2D eigenvalue weighted by atomic mass is 32.1. The highest BCUT2D eigenvalue weighted by Crippen LogP contribution is 2.14. The number of carbonyl (C=O) groups excluding carboxylic acids is 1. The zero-order valence-corrected chi connectivity index (χ0v) is 11.5. The minimum absolute atomic E-state index is 0.286. The molecule has 2 heteroatoms. The number of unbranched alkanes of at least 4 members (excludes halogenated alkanes) is 1. The van der Waals surface area contributed by atoms with E-state index in [0.717, 1.165) is 24.1 Å². The standard InChI is InChI=1S/C16H18OS/c1-13-8-10-14(11-9-13)5-2-3-6-15(17)16-7-4-12-18-16/h4,7-12H,2-3,5-6H2,1H3. The Morgan fingerprint density at radius 1 is 1.11 bits per heavy atom. The van der Waals surface area contributed by atoms with Gasteiger partial charge in [-0.1, -0.05) is 35.9 Å². The summed E-state index contributed by atoms with van der Waals surface area (Å²) in [6, 6.07) is 12.5. The van der Waals surface area contributed by atoms with Crippen molar-refractivity contribution in [1.82, 2.24) is 0 Å². The van der Waals surface area contributed by atoms with Crippen LogP contribution in [0, 0.1) is 6.92 Å². The summed E-state index contributed by atoms with van der Waals surface area (Å²) < 4.78 is 0. The lowest BCUT2D eigenvalue weighted by atomic mass is 10.0. The molecular weight excluding hydrogens is 240 g/mol. The van der Waals surface area contributed by atoms with Gasteiger partial charge >= 0.3 is 0 Å². The minimum Gasteiger partial charge on any atom is -0.293 e. The van der Waals surface area contributed by atoms with Gasteiger partial charge < -0.3 is 0 Å². The number of ketones is 1. The first kappa shape index (κ1) is 13.0. The van der Waals surface area contributed by atoms with Gasteiger partial charge in [-0.15, -0.1) is 11.3 Å². The van der Waals surface area contributed by atoms with E-state index in [9.17, 15) is 4.79 Å². The summed E-state index contributed by atoms with van der Waals surface area (Å²) in [6.45, 7) is 2.10. The molecule has 0 aliphatic rings. The summed E-state index contributed by atoms with van der Waals surface area (Å²) in [4.78, 5) is 12.7. The summed E-state index contributed by atoms with van der Waals surface area (Å²) >= 11 is 1.54. The van der Waals surface area contributed by atoms with Gasteiger partial charge in [0.1, 0.15) is 0 Å². The van der Waals surface area contributed by atoms with Crippen LogP contribution in [0.1, 0.15) is 40.1 Å². The lowest BCUT2D eigenvalue weighted by Crippen LogP contribution is -1.96. The van der Waals surface area contributed by atoms with Gasteiger partial charge in [0.05, 0.1) is 4.88 Å². The Morgan fingerprint density at radius 2 is 1.89 bits per heavy atom. The van der Waals surface area contributed by atoms with Crippen molar-refractivity contribution in [2.45, 2.75) is 32.6 Å². The topological polar surface area (TPSA) is 17.1 Å². The highest BCUT2D eigenvalue weighted by Gasteiger charge is 2.05. The number of hydrogen-bond acceptors (Lipinski definition) is 2. The van der Waals surface area contributed by atoms with E-state index in [1.807, 2.05) is 17.5 Å². The maximum absolute atomic E-state index is 11.8. The van der Waals surface area contributed by atoms with Crippen LogP contribution in [0.2, 0.25) is 0 Å².